The number of anilines is 3. The second kappa shape index (κ2) is 9.78. The summed E-state index contributed by atoms with van der Waals surface area (Å²) in [5, 5.41) is 25.0. The normalized spacial score (nSPS) is 10.4. The number of pyridine rings is 1. The number of carbonyl (C=O) groups excluding carboxylic acids is 1. The van der Waals surface area contributed by atoms with E-state index >= 15 is 0 Å². The summed E-state index contributed by atoms with van der Waals surface area (Å²) in [6.45, 7) is -0.548. The van der Waals surface area contributed by atoms with Crippen molar-refractivity contribution in [1.82, 2.24) is 10.3 Å². The minimum Gasteiger partial charge on any atom is -0.507 e. The van der Waals surface area contributed by atoms with E-state index < -0.39 is 12.6 Å². The molecule has 3 rings (SSSR count). The molecule has 0 radical (unpaired) electrons. The molecule has 0 aliphatic rings. The number of phenols is 1. The fraction of sp³-hybridized carbons (Fsp3) is 0.136. The lowest BCUT2D eigenvalue weighted by molar-refractivity contribution is -0.120. The summed E-state index contributed by atoms with van der Waals surface area (Å²) in [6.07, 6.45) is -0.239. The van der Waals surface area contributed by atoms with E-state index in [9.17, 15) is 14.3 Å². The third kappa shape index (κ3) is 5.41. The first-order valence-corrected chi connectivity index (χ1v) is 9.63. The summed E-state index contributed by atoms with van der Waals surface area (Å²) in [6, 6.07) is 14.8. The van der Waals surface area contributed by atoms with Crippen molar-refractivity contribution in [3.05, 3.63) is 64.7 Å². The van der Waals surface area contributed by atoms with Gasteiger partial charge < -0.3 is 21.5 Å². The molecule has 0 saturated carbocycles. The summed E-state index contributed by atoms with van der Waals surface area (Å²) in [4.78, 5) is 15.8. The highest BCUT2D eigenvalue weighted by atomic mass is 35.5. The average Bonchev–Trinajstić information content (AvgIpc) is 2.75. The number of nitriles is 1. The zero-order valence-corrected chi connectivity index (χ0v) is 17.1. The van der Waals surface area contributed by atoms with Gasteiger partial charge in [0, 0.05) is 39.6 Å². The number of benzene rings is 2. The highest BCUT2D eigenvalue weighted by molar-refractivity contribution is 6.30. The number of nitrogens with one attached hydrogen (secondary N) is 2. The SMILES string of the molecule is N#CCC(=O)NCc1ccc(-c2cc(Nc3ccc(Cl)cc3CF)ccc2O)nc1N. The van der Waals surface area contributed by atoms with Crippen LogP contribution in [0, 0.1) is 11.3 Å². The summed E-state index contributed by atoms with van der Waals surface area (Å²) in [5.41, 5.74) is 9.01. The van der Waals surface area contributed by atoms with Gasteiger partial charge in [0.2, 0.25) is 5.91 Å². The number of hydrogen-bond donors (Lipinski definition) is 4. The number of aromatic hydroxyl groups is 1. The van der Waals surface area contributed by atoms with E-state index in [-0.39, 0.29) is 24.5 Å². The topological polar surface area (TPSA) is 124 Å². The molecule has 0 fully saturated rings. The molecule has 158 valence electrons. The van der Waals surface area contributed by atoms with Crippen LogP contribution in [0.1, 0.15) is 17.5 Å². The van der Waals surface area contributed by atoms with Gasteiger partial charge in [0.05, 0.1) is 11.8 Å². The quantitative estimate of drug-likeness (QED) is 0.403. The number of nitrogens with two attached hydrogens (primary N) is 1. The van der Waals surface area contributed by atoms with Gasteiger partial charge in [-0.25, -0.2) is 9.37 Å². The standard InChI is InChI=1S/C22H19ClFN5O2/c23-15-2-5-18(14(9-15)11-24)28-16-3-6-20(30)17(10-16)19-4-1-13(22(26)29-19)12-27-21(31)7-8-25/h1-6,9-10,28,30H,7,11-12H2,(H2,26,29)(H,27,31). The molecule has 1 heterocycles. The number of aromatic nitrogens is 1. The van der Waals surface area contributed by atoms with Crippen molar-refractivity contribution in [3.8, 4) is 23.1 Å². The molecule has 0 bridgehead atoms. The lowest BCUT2D eigenvalue weighted by Crippen LogP contribution is -2.22. The molecule has 3 aromatic rings. The molecule has 1 amide bonds. The van der Waals surface area contributed by atoms with Crippen LogP contribution in [0.15, 0.2) is 48.5 Å². The van der Waals surface area contributed by atoms with Crippen LogP contribution in [-0.4, -0.2) is 16.0 Å². The Hall–Kier alpha value is -3.83. The maximum absolute atomic E-state index is 13.3. The highest BCUT2D eigenvalue weighted by Crippen LogP contribution is 2.33. The van der Waals surface area contributed by atoms with Crippen molar-refractivity contribution in [2.45, 2.75) is 19.6 Å². The minimum atomic E-state index is -0.682. The predicted molar refractivity (Wildman–Crippen MR) is 117 cm³/mol. The zero-order chi connectivity index (χ0) is 22.4. The van der Waals surface area contributed by atoms with Crippen LogP contribution in [0.3, 0.4) is 0 Å². The summed E-state index contributed by atoms with van der Waals surface area (Å²) in [7, 11) is 0. The number of carbonyl (C=O) groups is 1. The van der Waals surface area contributed by atoms with Crippen molar-refractivity contribution in [1.29, 1.82) is 5.26 Å². The fourth-order valence-corrected chi connectivity index (χ4v) is 3.10. The molecule has 0 spiro atoms. The summed E-state index contributed by atoms with van der Waals surface area (Å²) < 4.78 is 13.3. The third-order valence-corrected chi connectivity index (χ3v) is 4.73. The Morgan fingerprint density at radius 1 is 1.19 bits per heavy atom. The Labute approximate surface area is 183 Å². The number of alkyl halides is 1. The van der Waals surface area contributed by atoms with Gasteiger partial charge in [-0.1, -0.05) is 17.7 Å². The van der Waals surface area contributed by atoms with Crippen LogP contribution < -0.4 is 16.4 Å². The van der Waals surface area contributed by atoms with Crippen LogP contribution in [0.4, 0.5) is 21.6 Å². The van der Waals surface area contributed by atoms with Crippen LogP contribution >= 0.6 is 11.6 Å². The van der Waals surface area contributed by atoms with Crippen molar-refractivity contribution in [2.75, 3.05) is 11.1 Å². The molecule has 31 heavy (non-hydrogen) atoms. The van der Waals surface area contributed by atoms with E-state index in [0.29, 0.717) is 38.8 Å². The smallest absolute Gasteiger partial charge is 0.234 e. The monoisotopic (exact) mass is 439 g/mol. The Morgan fingerprint density at radius 3 is 2.71 bits per heavy atom. The summed E-state index contributed by atoms with van der Waals surface area (Å²) >= 11 is 5.92. The Kier molecular flexibility index (Phi) is 6.90. The Balaban J connectivity index is 1.84. The minimum absolute atomic E-state index is 0.00524. The van der Waals surface area contributed by atoms with Crippen molar-refractivity contribution >= 4 is 34.7 Å². The number of rotatable bonds is 7. The number of hydrogen-bond acceptors (Lipinski definition) is 6. The van der Waals surface area contributed by atoms with Gasteiger partial charge in [-0.2, -0.15) is 5.26 Å². The molecule has 1 aromatic heterocycles. The van der Waals surface area contributed by atoms with Gasteiger partial charge in [0.1, 0.15) is 24.7 Å². The van der Waals surface area contributed by atoms with Crippen LogP contribution in [-0.2, 0) is 18.0 Å². The van der Waals surface area contributed by atoms with Gasteiger partial charge >= 0.3 is 0 Å². The van der Waals surface area contributed by atoms with Gasteiger partial charge in [0.15, 0.2) is 0 Å². The molecule has 9 heteroatoms. The van der Waals surface area contributed by atoms with E-state index in [1.54, 1.807) is 48.5 Å². The molecule has 0 aliphatic heterocycles. The molecule has 2 aromatic carbocycles. The second-order valence-corrected chi connectivity index (χ2v) is 7.08. The zero-order valence-electron chi connectivity index (χ0n) is 16.3. The van der Waals surface area contributed by atoms with Gasteiger partial charge in [0.25, 0.3) is 0 Å². The van der Waals surface area contributed by atoms with Crippen molar-refractivity contribution in [3.63, 3.8) is 0 Å². The Morgan fingerprint density at radius 2 is 2.00 bits per heavy atom. The maximum Gasteiger partial charge on any atom is 0.234 e. The third-order valence-electron chi connectivity index (χ3n) is 4.49. The van der Waals surface area contributed by atoms with E-state index in [0.717, 1.165) is 0 Å². The van der Waals surface area contributed by atoms with E-state index in [1.807, 2.05) is 0 Å². The van der Waals surface area contributed by atoms with Gasteiger partial charge in [-0.15, -0.1) is 0 Å². The van der Waals surface area contributed by atoms with Crippen LogP contribution in [0.2, 0.25) is 5.02 Å². The first-order valence-electron chi connectivity index (χ1n) is 9.25. The van der Waals surface area contributed by atoms with E-state index in [1.165, 1.54) is 6.07 Å². The highest BCUT2D eigenvalue weighted by Gasteiger charge is 2.12. The fourth-order valence-electron chi connectivity index (χ4n) is 2.90. The van der Waals surface area contributed by atoms with E-state index in [4.69, 9.17) is 22.6 Å². The Bertz CT molecular complexity index is 1160. The first kappa shape index (κ1) is 21.9. The number of phenolic OH excluding ortho intramolecular Hbond substituents is 1. The maximum atomic E-state index is 13.3. The van der Waals surface area contributed by atoms with Gasteiger partial charge in [-0.3, -0.25) is 4.79 Å². The second-order valence-electron chi connectivity index (χ2n) is 6.64. The predicted octanol–water partition coefficient (Wildman–Crippen LogP) is 4.43. The van der Waals surface area contributed by atoms with Crippen LogP contribution in [0.5, 0.6) is 5.75 Å². The molecule has 0 unspecified atom stereocenters. The molecular formula is C22H19ClFN5O2. The largest absolute Gasteiger partial charge is 0.507 e. The average molecular weight is 440 g/mol. The molecular weight excluding hydrogens is 421 g/mol. The lowest BCUT2D eigenvalue weighted by atomic mass is 10.1. The number of amides is 1. The van der Waals surface area contributed by atoms with Crippen molar-refractivity contribution in [2.24, 2.45) is 0 Å². The molecule has 0 saturated heterocycles. The summed E-state index contributed by atoms with van der Waals surface area (Å²) in [5.74, 6) is -0.225. The molecule has 0 atom stereocenters. The van der Waals surface area contributed by atoms with E-state index in [2.05, 4.69) is 15.6 Å². The van der Waals surface area contributed by atoms with Crippen molar-refractivity contribution < 1.29 is 14.3 Å². The first-order chi connectivity index (χ1) is 14.9. The number of nitrogen functional groups attached to an aromatic ring is 1. The molecule has 5 N–H and O–H groups in total. The number of halogens is 2. The molecule has 0 aliphatic carbocycles. The van der Waals surface area contributed by atoms with Gasteiger partial charge in [-0.05, 0) is 42.5 Å². The lowest BCUT2D eigenvalue weighted by Gasteiger charge is -2.13. The molecule has 7 nitrogen and oxygen atoms in total. The van der Waals surface area contributed by atoms with Crippen LogP contribution in [0.25, 0.3) is 11.3 Å². The number of nitrogens with zero attached hydrogens (tertiary/aromatic N) is 2.